The third kappa shape index (κ3) is 2.59. The summed E-state index contributed by atoms with van der Waals surface area (Å²) in [5.74, 6) is 0.654. The molecule has 0 bridgehead atoms. The van der Waals surface area contributed by atoms with Gasteiger partial charge in [-0.25, -0.2) is 0 Å². The van der Waals surface area contributed by atoms with Crippen LogP contribution < -0.4 is 5.73 Å². The summed E-state index contributed by atoms with van der Waals surface area (Å²) in [5, 5.41) is 2.03. The largest absolute Gasteiger partial charge is 0.398 e. The molecule has 0 saturated carbocycles. The Bertz CT molecular complexity index is 299. The predicted octanol–water partition coefficient (Wildman–Crippen LogP) is 3.78. The molecule has 0 spiro atoms. The molecule has 1 nitrogen and oxygen atoms in total. The smallest absolute Gasteiger partial charge is 0.0499 e. The van der Waals surface area contributed by atoms with Crippen LogP contribution in [0.25, 0.3) is 6.08 Å². The van der Waals surface area contributed by atoms with Crippen LogP contribution in [-0.4, -0.2) is 0 Å². The van der Waals surface area contributed by atoms with Crippen LogP contribution >= 0.6 is 11.3 Å². The summed E-state index contributed by atoms with van der Waals surface area (Å²) in [5.41, 5.74) is 8.11. The highest BCUT2D eigenvalue weighted by atomic mass is 32.1. The number of nitrogens with two attached hydrogens (primary N) is 1. The summed E-state index contributed by atoms with van der Waals surface area (Å²) in [6, 6.07) is 1.96. The van der Waals surface area contributed by atoms with E-state index < -0.39 is 0 Å². The Morgan fingerprint density at radius 1 is 1.69 bits per heavy atom. The van der Waals surface area contributed by atoms with E-state index in [2.05, 4.69) is 26.8 Å². The molecular formula is C11H17NS. The fraction of sp³-hybridized carbons (Fsp3) is 0.455. The Kier molecular flexibility index (Phi) is 3.55. The molecule has 13 heavy (non-hydrogen) atoms. The van der Waals surface area contributed by atoms with Crippen molar-refractivity contribution in [1.29, 1.82) is 0 Å². The van der Waals surface area contributed by atoms with E-state index >= 15 is 0 Å². The van der Waals surface area contributed by atoms with Gasteiger partial charge in [-0.15, -0.1) is 11.3 Å². The van der Waals surface area contributed by atoms with Crippen LogP contribution in [-0.2, 0) is 0 Å². The molecule has 1 aromatic rings. The number of allylic oxidation sites excluding steroid dienone is 1. The summed E-state index contributed by atoms with van der Waals surface area (Å²) in [6.07, 6.45) is 3.39. The average molecular weight is 195 g/mol. The summed E-state index contributed by atoms with van der Waals surface area (Å²) >= 11 is 1.70. The minimum absolute atomic E-state index is 0.654. The van der Waals surface area contributed by atoms with Gasteiger partial charge in [-0.05, 0) is 36.8 Å². The second kappa shape index (κ2) is 4.47. The first-order chi connectivity index (χ1) is 6.15. The third-order valence-electron chi connectivity index (χ3n) is 2.48. The van der Waals surface area contributed by atoms with Gasteiger partial charge >= 0.3 is 0 Å². The zero-order valence-corrected chi connectivity index (χ0v) is 9.32. The Balaban J connectivity index is 2.82. The van der Waals surface area contributed by atoms with Gasteiger partial charge in [-0.2, -0.15) is 0 Å². The lowest BCUT2D eigenvalue weighted by atomic mass is 9.99. The van der Waals surface area contributed by atoms with Crippen LogP contribution in [0.5, 0.6) is 0 Å². The van der Waals surface area contributed by atoms with Gasteiger partial charge < -0.3 is 5.73 Å². The van der Waals surface area contributed by atoms with Crippen molar-refractivity contribution in [2.45, 2.75) is 27.2 Å². The minimum Gasteiger partial charge on any atom is -0.398 e. The van der Waals surface area contributed by atoms with Gasteiger partial charge in [0.05, 0.1) is 0 Å². The molecule has 0 aliphatic rings. The number of nitrogen functional groups attached to an aromatic ring is 1. The van der Waals surface area contributed by atoms with Gasteiger partial charge in [-0.1, -0.05) is 19.4 Å². The van der Waals surface area contributed by atoms with E-state index in [9.17, 15) is 0 Å². The average Bonchev–Trinajstić information content (AvgIpc) is 2.50. The third-order valence-corrected chi connectivity index (χ3v) is 3.36. The zero-order chi connectivity index (χ0) is 9.84. The zero-order valence-electron chi connectivity index (χ0n) is 8.50. The van der Waals surface area contributed by atoms with Crippen LogP contribution in [0.1, 0.15) is 32.1 Å². The maximum atomic E-state index is 5.80. The van der Waals surface area contributed by atoms with Gasteiger partial charge in [0, 0.05) is 10.6 Å². The Morgan fingerprint density at radius 2 is 2.38 bits per heavy atom. The van der Waals surface area contributed by atoms with Crippen molar-refractivity contribution < 1.29 is 0 Å². The van der Waals surface area contributed by atoms with Gasteiger partial charge in [-0.3, -0.25) is 0 Å². The van der Waals surface area contributed by atoms with Gasteiger partial charge in [0.25, 0.3) is 0 Å². The normalized spacial score (nSPS) is 14.5. The number of thiophene rings is 1. The van der Waals surface area contributed by atoms with Crippen LogP contribution in [0.15, 0.2) is 17.0 Å². The molecule has 0 aliphatic carbocycles. The lowest BCUT2D eigenvalue weighted by molar-refractivity contribution is 0.660. The highest BCUT2D eigenvalue weighted by molar-refractivity contribution is 7.11. The molecule has 0 aliphatic heterocycles. The first-order valence-corrected chi connectivity index (χ1v) is 5.54. The maximum Gasteiger partial charge on any atom is 0.0499 e. The molecule has 1 rings (SSSR count). The second-order valence-electron chi connectivity index (χ2n) is 3.44. The maximum absolute atomic E-state index is 5.80. The molecule has 0 saturated heterocycles. The molecule has 0 amide bonds. The summed E-state index contributed by atoms with van der Waals surface area (Å²) in [7, 11) is 0. The van der Waals surface area contributed by atoms with E-state index in [0.717, 1.165) is 5.69 Å². The molecule has 1 heterocycles. The van der Waals surface area contributed by atoms with Crippen molar-refractivity contribution in [3.8, 4) is 0 Å². The molecule has 0 aromatic carbocycles. The topological polar surface area (TPSA) is 26.0 Å². The minimum atomic E-state index is 0.654. The van der Waals surface area contributed by atoms with Gasteiger partial charge in [0.15, 0.2) is 0 Å². The Hall–Kier alpha value is -0.760. The van der Waals surface area contributed by atoms with E-state index in [1.54, 1.807) is 11.3 Å². The number of rotatable bonds is 3. The first-order valence-electron chi connectivity index (χ1n) is 4.66. The number of anilines is 1. The molecular weight excluding hydrogens is 178 g/mol. The fourth-order valence-corrected chi connectivity index (χ4v) is 1.94. The van der Waals surface area contributed by atoms with Crippen LogP contribution in [0.2, 0.25) is 0 Å². The summed E-state index contributed by atoms with van der Waals surface area (Å²) < 4.78 is 0. The van der Waals surface area contributed by atoms with Crippen molar-refractivity contribution in [3.05, 3.63) is 21.9 Å². The summed E-state index contributed by atoms with van der Waals surface area (Å²) in [6.45, 7) is 6.63. The van der Waals surface area contributed by atoms with Crippen molar-refractivity contribution in [2.24, 2.45) is 5.92 Å². The summed E-state index contributed by atoms with van der Waals surface area (Å²) in [4.78, 5) is 1.19. The Morgan fingerprint density at radius 3 is 2.85 bits per heavy atom. The van der Waals surface area contributed by atoms with Crippen LogP contribution in [0.4, 0.5) is 5.69 Å². The Labute approximate surface area is 84.3 Å². The molecule has 0 unspecified atom stereocenters. The lowest BCUT2D eigenvalue weighted by Crippen LogP contribution is -1.93. The van der Waals surface area contributed by atoms with Crippen molar-refractivity contribution in [1.82, 2.24) is 0 Å². The van der Waals surface area contributed by atoms with E-state index in [-0.39, 0.29) is 0 Å². The van der Waals surface area contributed by atoms with Crippen molar-refractivity contribution in [2.75, 3.05) is 5.73 Å². The van der Waals surface area contributed by atoms with Crippen molar-refractivity contribution >= 4 is 23.1 Å². The van der Waals surface area contributed by atoms with E-state index in [4.69, 9.17) is 5.73 Å². The van der Waals surface area contributed by atoms with Gasteiger partial charge in [0.1, 0.15) is 0 Å². The highest BCUT2D eigenvalue weighted by Crippen LogP contribution is 2.24. The lowest BCUT2D eigenvalue weighted by Gasteiger charge is -2.08. The fourth-order valence-electron chi connectivity index (χ4n) is 1.12. The standard InChI is InChI=1S/C11H17NS/c1-4-8(2)9(3)7-11-10(12)5-6-13-11/h5-8H,4,12H2,1-3H3/b9-7+/t8-/m0/s1. The van der Waals surface area contributed by atoms with Crippen molar-refractivity contribution in [3.63, 3.8) is 0 Å². The predicted molar refractivity (Wildman–Crippen MR) is 61.8 cm³/mol. The molecule has 1 aromatic heterocycles. The second-order valence-corrected chi connectivity index (χ2v) is 4.39. The monoisotopic (exact) mass is 195 g/mol. The molecule has 2 N–H and O–H groups in total. The van der Waals surface area contributed by atoms with Gasteiger partial charge in [0.2, 0.25) is 0 Å². The first kappa shape index (κ1) is 10.3. The van der Waals surface area contributed by atoms with E-state index in [1.165, 1.54) is 16.9 Å². The molecule has 1 atom stereocenters. The molecule has 72 valence electrons. The number of hydrogen-bond acceptors (Lipinski definition) is 2. The quantitative estimate of drug-likeness (QED) is 0.780. The number of hydrogen-bond donors (Lipinski definition) is 1. The molecule has 2 heteroatoms. The molecule has 0 fully saturated rings. The van der Waals surface area contributed by atoms with Crippen LogP contribution in [0, 0.1) is 5.92 Å². The molecule has 0 radical (unpaired) electrons. The SMILES string of the molecule is CC[C@H](C)/C(C)=C/c1sccc1N. The van der Waals surface area contributed by atoms with E-state index in [0.29, 0.717) is 5.92 Å². The van der Waals surface area contributed by atoms with E-state index in [1.807, 2.05) is 11.4 Å². The highest BCUT2D eigenvalue weighted by Gasteiger charge is 2.03. The van der Waals surface area contributed by atoms with Crippen LogP contribution in [0.3, 0.4) is 0 Å².